The van der Waals surface area contributed by atoms with Crippen LogP contribution in [-0.2, 0) is 0 Å². The van der Waals surface area contributed by atoms with Gasteiger partial charge in [0.2, 0.25) is 0 Å². The van der Waals surface area contributed by atoms with Crippen LogP contribution in [0.2, 0.25) is 0 Å². The molecule has 1 heterocycles. The molecule has 0 aliphatic rings. The zero-order valence-corrected chi connectivity index (χ0v) is 11.7. The van der Waals surface area contributed by atoms with Gasteiger partial charge in [-0.2, -0.15) is 5.10 Å². The lowest BCUT2D eigenvalue weighted by molar-refractivity contribution is -0.384. The third kappa shape index (κ3) is 2.95. The van der Waals surface area contributed by atoms with Crippen molar-refractivity contribution in [3.8, 4) is 11.3 Å². The molecule has 0 unspecified atom stereocenters. The maximum absolute atomic E-state index is 11.0. The van der Waals surface area contributed by atoms with Crippen molar-refractivity contribution in [3.63, 3.8) is 0 Å². The van der Waals surface area contributed by atoms with Gasteiger partial charge in [-0.25, -0.2) is 0 Å². The second-order valence-corrected chi connectivity index (χ2v) is 5.44. The summed E-state index contributed by atoms with van der Waals surface area (Å²) in [6, 6.07) is 16.5. The Kier molecular flexibility index (Phi) is 3.70. The summed E-state index contributed by atoms with van der Waals surface area (Å²) in [5.41, 5.74) is 1.60. The normalized spacial score (nSPS) is 10.5. The first-order chi connectivity index (χ1) is 10.2. The molecule has 1 N–H and O–H groups in total. The van der Waals surface area contributed by atoms with Gasteiger partial charge in [-0.05, 0) is 24.3 Å². The molecule has 3 aromatic rings. The number of benzene rings is 2. The van der Waals surface area contributed by atoms with Crippen LogP contribution in [-0.4, -0.2) is 15.1 Å². The van der Waals surface area contributed by atoms with Gasteiger partial charge in [0.1, 0.15) is 0 Å². The predicted octanol–water partition coefficient (Wildman–Crippen LogP) is 4.14. The van der Waals surface area contributed by atoms with Crippen molar-refractivity contribution in [1.29, 1.82) is 0 Å². The van der Waals surface area contributed by atoms with E-state index in [1.165, 1.54) is 6.07 Å². The maximum atomic E-state index is 11.0. The van der Waals surface area contributed by atoms with Crippen LogP contribution in [0.1, 0.15) is 0 Å². The van der Waals surface area contributed by atoms with E-state index < -0.39 is 4.92 Å². The van der Waals surface area contributed by atoms with Crippen LogP contribution in [0.5, 0.6) is 0 Å². The molecular formula is C15H11N3O2S. The lowest BCUT2D eigenvalue weighted by atomic mass is 10.1. The summed E-state index contributed by atoms with van der Waals surface area (Å²) in [4.78, 5) is 12.6. The quantitative estimate of drug-likeness (QED) is 0.580. The highest BCUT2D eigenvalue weighted by Crippen LogP contribution is 2.37. The second-order valence-electron chi connectivity index (χ2n) is 4.32. The average molecular weight is 297 g/mol. The fourth-order valence-electron chi connectivity index (χ4n) is 1.95. The smallest absolute Gasteiger partial charge is 0.270 e. The first-order valence-corrected chi connectivity index (χ1v) is 7.07. The standard InChI is InChI=1S/C15H11N3O2S/c19-18(20)11-6-7-15(21-12-4-2-1-3-5-12)13(10-11)14-8-9-16-17-14/h1-10H,(H,16,17). The van der Waals surface area contributed by atoms with Crippen LogP contribution in [0.25, 0.3) is 11.3 Å². The van der Waals surface area contributed by atoms with Gasteiger partial charge < -0.3 is 0 Å². The molecular weight excluding hydrogens is 286 g/mol. The fourth-order valence-corrected chi connectivity index (χ4v) is 2.91. The van der Waals surface area contributed by atoms with Gasteiger partial charge in [-0.15, -0.1) is 0 Å². The summed E-state index contributed by atoms with van der Waals surface area (Å²) in [5.74, 6) is 0. The number of aromatic nitrogens is 2. The number of nitrogens with one attached hydrogen (secondary N) is 1. The third-order valence-electron chi connectivity index (χ3n) is 2.94. The SMILES string of the molecule is O=[N+]([O-])c1ccc(Sc2ccccc2)c(-c2ccn[nH]2)c1. The number of nitro groups is 1. The Morgan fingerprint density at radius 2 is 1.90 bits per heavy atom. The molecule has 2 aromatic carbocycles. The van der Waals surface area contributed by atoms with E-state index in [0.717, 1.165) is 21.0 Å². The molecule has 0 aliphatic carbocycles. The Bertz CT molecular complexity index is 758. The highest BCUT2D eigenvalue weighted by atomic mass is 32.2. The van der Waals surface area contributed by atoms with Crippen molar-refractivity contribution >= 4 is 17.4 Å². The number of aromatic amines is 1. The van der Waals surface area contributed by atoms with Crippen LogP contribution >= 0.6 is 11.8 Å². The highest BCUT2D eigenvalue weighted by Gasteiger charge is 2.14. The zero-order valence-electron chi connectivity index (χ0n) is 10.9. The summed E-state index contributed by atoms with van der Waals surface area (Å²) >= 11 is 1.56. The Hall–Kier alpha value is -2.60. The molecule has 104 valence electrons. The van der Waals surface area contributed by atoms with E-state index in [0.29, 0.717) is 0 Å². The molecule has 0 fully saturated rings. The van der Waals surface area contributed by atoms with Gasteiger partial charge in [0.15, 0.2) is 0 Å². The van der Waals surface area contributed by atoms with E-state index in [-0.39, 0.29) is 5.69 Å². The van der Waals surface area contributed by atoms with Crippen molar-refractivity contribution in [1.82, 2.24) is 10.2 Å². The molecule has 5 nitrogen and oxygen atoms in total. The molecule has 21 heavy (non-hydrogen) atoms. The van der Waals surface area contributed by atoms with Gasteiger partial charge in [0.05, 0.1) is 10.6 Å². The Balaban J connectivity index is 2.05. The Morgan fingerprint density at radius 3 is 2.57 bits per heavy atom. The minimum absolute atomic E-state index is 0.0667. The largest absolute Gasteiger partial charge is 0.278 e. The fraction of sp³-hybridized carbons (Fsp3) is 0. The topological polar surface area (TPSA) is 71.8 Å². The summed E-state index contributed by atoms with van der Waals surface area (Å²) in [6.45, 7) is 0. The molecule has 0 bridgehead atoms. The molecule has 0 amide bonds. The molecule has 0 saturated carbocycles. The number of non-ortho nitro benzene ring substituents is 1. The van der Waals surface area contributed by atoms with E-state index in [1.807, 2.05) is 30.3 Å². The van der Waals surface area contributed by atoms with Crippen molar-refractivity contribution in [2.24, 2.45) is 0 Å². The zero-order chi connectivity index (χ0) is 14.7. The van der Waals surface area contributed by atoms with Crippen molar-refractivity contribution < 1.29 is 4.92 Å². The number of rotatable bonds is 4. The summed E-state index contributed by atoms with van der Waals surface area (Å²) in [7, 11) is 0. The Morgan fingerprint density at radius 1 is 1.10 bits per heavy atom. The summed E-state index contributed by atoms with van der Waals surface area (Å²) < 4.78 is 0. The van der Waals surface area contributed by atoms with Gasteiger partial charge in [0.25, 0.3) is 5.69 Å². The molecule has 0 saturated heterocycles. The molecule has 0 radical (unpaired) electrons. The van der Waals surface area contributed by atoms with Gasteiger partial charge in [0, 0.05) is 33.7 Å². The molecule has 6 heteroatoms. The van der Waals surface area contributed by atoms with E-state index in [9.17, 15) is 10.1 Å². The first-order valence-electron chi connectivity index (χ1n) is 6.25. The third-order valence-corrected chi connectivity index (χ3v) is 4.02. The number of H-pyrrole nitrogens is 1. The van der Waals surface area contributed by atoms with Crippen LogP contribution in [0.15, 0.2) is 70.6 Å². The molecule has 0 atom stereocenters. The second kappa shape index (κ2) is 5.80. The van der Waals surface area contributed by atoms with Gasteiger partial charge >= 0.3 is 0 Å². The minimum Gasteiger partial charge on any atom is -0.278 e. The van der Waals surface area contributed by atoms with Gasteiger partial charge in [-0.1, -0.05) is 30.0 Å². The van der Waals surface area contributed by atoms with Crippen LogP contribution < -0.4 is 0 Å². The monoisotopic (exact) mass is 297 g/mol. The number of nitrogens with zero attached hydrogens (tertiary/aromatic N) is 2. The van der Waals surface area contributed by atoms with E-state index in [1.54, 1.807) is 36.2 Å². The summed E-state index contributed by atoms with van der Waals surface area (Å²) in [6.07, 6.45) is 1.63. The maximum Gasteiger partial charge on any atom is 0.270 e. The number of hydrogen-bond acceptors (Lipinski definition) is 4. The van der Waals surface area contributed by atoms with Crippen molar-refractivity contribution in [2.75, 3.05) is 0 Å². The van der Waals surface area contributed by atoms with Crippen molar-refractivity contribution in [3.05, 3.63) is 70.9 Å². The average Bonchev–Trinajstić information content (AvgIpc) is 3.02. The summed E-state index contributed by atoms with van der Waals surface area (Å²) in [5, 5.41) is 17.7. The van der Waals surface area contributed by atoms with Crippen LogP contribution in [0, 0.1) is 10.1 Å². The molecule has 3 rings (SSSR count). The highest BCUT2D eigenvalue weighted by molar-refractivity contribution is 7.99. The minimum atomic E-state index is -0.392. The Labute approximate surface area is 125 Å². The van der Waals surface area contributed by atoms with Crippen LogP contribution in [0.4, 0.5) is 5.69 Å². The lowest BCUT2D eigenvalue weighted by Crippen LogP contribution is -1.90. The van der Waals surface area contributed by atoms with Crippen molar-refractivity contribution in [2.45, 2.75) is 9.79 Å². The molecule has 0 aliphatic heterocycles. The first kappa shape index (κ1) is 13.4. The van der Waals surface area contributed by atoms with Gasteiger partial charge in [-0.3, -0.25) is 15.2 Å². The number of nitro benzene ring substituents is 1. The molecule has 0 spiro atoms. The number of hydrogen-bond donors (Lipinski definition) is 1. The van der Waals surface area contributed by atoms with E-state index in [4.69, 9.17) is 0 Å². The predicted molar refractivity (Wildman–Crippen MR) is 81.2 cm³/mol. The van der Waals surface area contributed by atoms with E-state index >= 15 is 0 Å². The van der Waals surface area contributed by atoms with E-state index in [2.05, 4.69) is 10.2 Å². The van der Waals surface area contributed by atoms with Crippen LogP contribution in [0.3, 0.4) is 0 Å². The lowest BCUT2D eigenvalue weighted by Gasteiger charge is -2.07. The molecule has 1 aromatic heterocycles.